The maximum atomic E-state index is 12.3. The van der Waals surface area contributed by atoms with Crippen LogP contribution in [-0.4, -0.2) is 29.3 Å². The molecule has 0 aromatic heterocycles. The van der Waals surface area contributed by atoms with Gasteiger partial charge in [0, 0.05) is 17.1 Å². The summed E-state index contributed by atoms with van der Waals surface area (Å²) in [7, 11) is 0. The second kappa shape index (κ2) is 7.59. The summed E-state index contributed by atoms with van der Waals surface area (Å²) in [5.41, 5.74) is 0.695. The van der Waals surface area contributed by atoms with Crippen LogP contribution in [0.1, 0.15) is 39.0 Å². The van der Waals surface area contributed by atoms with Gasteiger partial charge in [0.1, 0.15) is 6.42 Å². The van der Waals surface area contributed by atoms with Crippen LogP contribution in [0.2, 0.25) is 0 Å². The van der Waals surface area contributed by atoms with E-state index in [0.717, 1.165) is 30.3 Å². The summed E-state index contributed by atoms with van der Waals surface area (Å²) in [5, 5.41) is 2.78. The summed E-state index contributed by atoms with van der Waals surface area (Å²) in [6, 6.07) is 7.68. The second-order valence-electron chi connectivity index (χ2n) is 5.35. The van der Waals surface area contributed by atoms with Crippen molar-refractivity contribution in [2.75, 3.05) is 11.9 Å². The molecule has 4 nitrogen and oxygen atoms in total. The normalized spacial score (nSPS) is 18.4. The number of para-hydroxylation sites is 1. The molecule has 1 aliphatic rings. The number of hydrogen-bond donors (Lipinski definition) is 1. The van der Waals surface area contributed by atoms with Crippen molar-refractivity contribution < 1.29 is 9.59 Å². The monoisotopic (exact) mass is 352 g/mol. The molecule has 0 spiro atoms. The van der Waals surface area contributed by atoms with Gasteiger partial charge in [-0.3, -0.25) is 9.59 Å². The molecule has 21 heavy (non-hydrogen) atoms. The van der Waals surface area contributed by atoms with Crippen molar-refractivity contribution in [3.05, 3.63) is 28.7 Å². The van der Waals surface area contributed by atoms with Gasteiger partial charge in [-0.25, -0.2) is 0 Å². The zero-order chi connectivity index (χ0) is 15.2. The van der Waals surface area contributed by atoms with Gasteiger partial charge in [0.25, 0.3) is 0 Å². The third-order valence-corrected chi connectivity index (χ3v) is 4.57. The van der Waals surface area contributed by atoms with E-state index in [2.05, 4.69) is 28.2 Å². The van der Waals surface area contributed by atoms with Crippen molar-refractivity contribution in [3.8, 4) is 0 Å². The minimum absolute atomic E-state index is 0.0638. The fourth-order valence-corrected chi connectivity index (χ4v) is 3.13. The minimum Gasteiger partial charge on any atom is -0.339 e. The van der Waals surface area contributed by atoms with E-state index in [1.165, 1.54) is 6.42 Å². The Morgan fingerprint density at radius 1 is 1.33 bits per heavy atom. The van der Waals surface area contributed by atoms with Crippen LogP contribution in [0.4, 0.5) is 5.69 Å². The number of likely N-dealkylation sites (tertiary alicyclic amines) is 1. The van der Waals surface area contributed by atoms with E-state index in [9.17, 15) is 9.59 Å². The Morgan fingerprint density at radius 3 is 2.81 bits per heavy atom. The highest BCUT2D eigenvalue weighted by Gasteiger charge is 2.26. The zero-order valence-corrected chi connectivity index (χ0v) is 13.9. The van der Waals surface area contributed by atoms with E-state index >= 15 is 0 Å². The molecule has 2 amide bonds. The lowest BCUT2D eigenvalue weighted by Gasteiger charge is -2.35. The fourth-order valence-electron chi connectivity index (χ4n) is 2.75. The molecule has 0 bridgehead atoms. The first-order valence-electron chi connectivity index (χ1n) is 7.45. The molecule has 1 heterocycles. The van der Waals surface area contributed by atoms with Crippen molar-refractivity contribution in [1.82, 2.24) is 4.90 Å². The van der Waals surface area contributed by atoms with Gasteiger partial charge < -0.3 is 10.2 Å². The molecule has 1 aromatic carbocycles. The van der Waals surface area contributed by atoms with Gasteiger partial charge in [-0.15, -0.1) is 0 Å². The van der Waals surface area contributed by atoms with Crippen LogP contribution < -0.4 is 5.32 Å². The molecule has 0 saturated carbocycles. The van der Waals surface area contributed by atoms with Crippen LogP contribution in [0.5, 0.6) is 0 Å². The Kier molecular flexibility index (Phi) is 5.79. The molecule has 5 heteroatoms. The first-order chi connectivity index (χ1) is 10.1. The summed E-state index contributed by atoms with van der Waals surface area (Å²) in [6.07, 6.45) is 4.13. The number of nitrogens with zero attached hydrogens (tertiary/aromatic N) is 1. The number of halogens is 1. The number of piperidine rings is 1. The number of benzene rings is 1. The van der Waals surface area contributed by atoms with Crippen molar-refractivity contribution in [2.24, 2.45) is 0 Å². The lowest BCUT2D eigenvalue weighted by atomic mass is 9.99. The summed E-state index contributed by atoms with van der Waals surface area (Å²) in [5.74, 6) is -0.321. The molecule has 114 valence electrons. The highest BCUT2D eigenvalue weighted by atomic mass is 79.9. The second-order valence-corrected chi connectivity index (χ2v) is 6.20. The van der Waals surface area contributed by atoms with Gasteiger partial charge in [-0.05, 0) is 53.7 Å². The number of carbonyl (C=O) groups excluding carboxylic acids is 2. The Hall–Kier alpha value is -1.36. The number of hydrogen-bond acceptors (Lipinski definition) is 2. The molecule has 1 unspecified atom stereocenters. The van der Waals surface area contributed by atoms with Crippen molar-refractivity contribution >= 4 is 33.4 Å². The number of rotatable bonds is 4. The highest BCUT2D eigenvalue weighted by molar-refractivity contribution is 9.10. The van der Waals surface area contributed by atoms with E-state index in [-0.39, 0.29) is 18.2 Å². The van der Waals surface area contributed by atoms with E-state index in [4.69, 9.17) is 0 Å². The predicted molar refractivity (Wildman–Crippen MR) is 87.0 cm³/mol. The number of amides is 2. The van der Waals surface area contributed by atoms with Crippen LogP contribution in [0.25, 0.3) is 0 Å². The van der Waals surface area contributed by atoms with Crippen LogP contribution in [0.15, 0.2) is 28.7 Å². The van der Waals surface area contributed by atoms with E-state index < -0.39 is 0 Å². The third-order valence-electron chi connectivity index (χ3n) is 3.88. The third kappa shape index (κ3) is 4.30. The molecule has 1 atom stereocenters. The summed E-state index contributed by atoms with van der Waals surface area (Å²) >= 11 is 3.38. The Balaban J connectivity index is 1.93. The standard InChI is InChI=1S/C16H21BrN2O2/c1-2-12-7-5-6-10-19(12)16(21)11-15(20)18-14-9-4-3-8-13(14)17/h3-4,8-9,12H,2,5-7,10-11H2,1H3,(H,18,20). The SMILES string of the molecule is CCC1CCCCN1C(=O)CC(=O)Nc1ccccc1Br. The van der Waals surface area contributed by atoms with E-state index in [1.54, 1.807) is 0 Å². The van der Waals surface area contributed by atoms with Gasteiger partial charge in [0.15, 0.2) is 0 Å². The Labute approximate surface area is 134 Å². The average Bonchev–Trinajstić information content (AvgIpc) is 2.49. The van der Waals surface area contributed by atoms with Gasteiger partial charge in [0.2, 0.25) is 11.8 Å². The molecule has 1 N–H and O–H groups in total. The van der Waals surface area contributed by atoms with E-state index in [0.29, 0.717) is 11.7 Å². The summed E-state index contributed by atoms with van der Waals surface area (Å²) < 4.78 is 0.815. The maximum absolute atomic E-state index is 12.3. The molecule has 2 rings (SSSR count). The first kappa shape index (κ1) is 16.0. The van der Waals surface area contributed by atoms with Crippen LogP contribution >= 0.6 is 15.9 Å². The van der Waals surface area contributed by atoms with Crippen molar-refractivity contribution in [2.45, 2.75) is 45.1 Å². The lowest BCUT2D eigenvalue weighted by molar-refractivity contribution is -0.137. The molecule has 1 fully saturated rings. The lowest BCUT2D eigenvalue weighted by Crippen LogP contribution is -2.44. The molecule has 0 radical (unpaired) electrons. The largest absolute Gasteiger partial charge is 0.339 e. The summed E-state index contributed by atoms with van der Waals surface area (Å²) in [6.45, 7) is 2.87. The Bertz CT molecular complexity index is 519. The predicted octanol–water partition coefficient (Wildman–Crippen LogP) is 3.57. The molecular weight excluding hydrogens is 332 g/mol. The van der Waals surface area contributed by atoms with Crippen molar-refractivity contribution in [3.63, 3.8) is 0 Å². The molecule has 1 aromatic rings. The highest BCUT2D eigenvalue weighted by Crippen LogP contribution is 2.22. The topological polar surface area (TPSA) is 49.4 Å². The quantitative estimate of drug-likeness (QED) is 0.842. The maximum Gasteiger partial charge on any atom is 0.233 e. The van der Waals surface area contributed by atoms with Gasteiger partial charge in [-0.2, -0.15) is 0 Å². The van der Waals surface area contributed by atoms with Crippen LogP contribution in [0.3, 0.4) is 0 Å². The molecule has 1 aliphatic heterocycles. The first-order valence-corrected chi connectivity index (χ1v) is 8.25. The van der Waals surface area contributed by atoms with Gasteiger partial charge >= 0.3 is 0 Å². The van der Waals surface area contributed by atoms with Crippen molar-refractivity contribution in [1.29, 1.82) is 0 Å². The van der Waals surface area contributed by atoms with E-state index in [1.807, 2.05) is 29.2 Å². The smallest absolute Gasteiger partial charge is 0.233 e. The number of anilines is 1. The molecule has 1 saturated heterocycles. The van der Waals surface area contributed by atoms with Gasteiger partial charge in [-0.1, -0.05) is 19.1 Å². The molecular formula is C16H21BrN2O2. The Morgan fingerprint density at radius 2 is 2.10 bits per heavy atom. The molecule has 0 aliphatic carbocycles. The fraction of sp³-hybridized carbons (Fsp3) is 0.500. The number of carbonyl (C=O) groups is 2. The van der Waals surface area contributed by atoms with Gasteiger partial charge in [0.05, 0.1) is 5.69 Å². The zero-order valence-electron chi connectivity index (χ0n) is 12.3. The summed E-state index contributed by atoms with van der Waals surface area (Å²) in [4.78, 5) is 26.2. The van der Waals surface area contributed by atoms with Crippen LogP contribution in [0, 0.1) is 0 Å². The minimum atomic E-state index is -0.257. The van der Waals surface area contributed by atoms with Crippen LogP contribution in [-0.2, 0) is 9.59 Å². The number of nitrogens with one attached hydrogen (secondary N) is 1. The average molecular weight is 353 g/mol.